The molecule has 2 aliphatic rings. The lowest BCUT2D eigenvalue weighted by atomic mass is 9.87. The third-order valence-corrected chi connectivity index (χ3v) is 4.44. The molecule has 1 atom stereocenters. The van der Waals surface area contributed by atoms with E-state index in [1.165, 1.54) is 11.0 Å². The third-order valence-electron chi connectivity index (χ3n) is 4.44. The topological polar surface area (TPSA) is 46.6 Å². The molecule has 112 valence electrons. The SMILES string of the molecule is Cc1ccc(C(=O)N2CC[C@]3(CCCO3)C(=O)C2)cc1F. The van der Waals surface area contributed by atoms with Crippen LogP contribution in [0, 0.1) is 12.7 Å². The summed E-state index contributed by atoms with van der Waals surface area (Å²) in [5.41, 5.74) is 0.115. The van der Waals surface area contributed by atoms with Crippen molar-refractivity contribution >= 4 is 11.7 Å². The number of Topliss-reactive ketones (excluding diaryl/α,β-unsaturated/α-hetero) is 1. The molecule has 2 aliphatic heterocycles. The zero-order valence-electron chi connectivity index (χ0n) is 12.0. The van der Waals surface area contributed by atoms with Crippen LogP contribution < -0.4 is 0 Å². The van der Waals surface area contributed by atoms with E-state index in [-0.39, 0.29) is 23.8 Å². The van der Waals surface area contributed by atoms with Crippen LogP contribution in [0.15, 0.2) is 18.2 Å². The van der Waals surface area contributed by atoms with Crippen LogP contribution in [-0.4, -0.2) is 41.9 Å². The summed E-state index contributed by atoms with van der Waals surface area (Å²) in [6.45, 7) is 2.78. The lowest BCUT2D eigenvalue weighted by Gasteiger charge is -2.37. The fourth-order valence-corrected chi connectivity index (χ4v) is 3.05. The maximum absolute atomic E-state index is 13.6. The zero-order chi connectivity index (χ0) is 15.0. The van der Waals surface area contributed by atoms with Crippen molar-refractivity contribution < 1.29 is 18.7 Å². The van der Waals surface area contributed by atoms with Crippen molar-refractivity contribution in [1.82, 2.24) is 4.90 Å². The van der Waals surface area contributed by atoms with Crippen LogP contribution in [0.5, 0.6) is 0 Å². The normalized spacial score (nSPS) is 25.6. The molecule has 1 aromatic carbocycles. The van der Waals surface area contributed by atoms with Crippen molar-refractivity contribution in [3.05, 3.63) is 35.1 Å². The van der Waals surface area contributed by atoms with Crippen molar-refractivity contribution in [1.29, 1.82) is 0 Å². The molecular weight excluding hydrogens is 273 g/mol. The van der Waals surface area contributed by atoms with E-state index in [1.807, 2.05) is 0 Å². The van der Waals surface area contributed by atoms with Gasteiger partial charge < -0.3 is 9.64 Å². The number of aryl methyl sites for hydroxylation is 1. The molecule has 1 spiro atoms. The van der Waals surface area contributed by atoms with E-state index in [9.17, 15) is 14.0 Å². The van der Waals surface area contributed by atoms with Gasteiger partial charge >= 0.3 is 0 Å². The van der Waals surface area contributed by atoms with Crippen LogP contribution in [0.3, 0.4) is 0 Å². The Morgan fingerprint density at radius 3 is 2.81 bits per heavy atom. The molecule has 0 saturated carbocycles. The first-order chi connectivity index (χ1) is 10.0. The summed E-state index contributed by atoms with van der Waals surface area (Å²) in [6.07, 6.45) is 2.17. The maximum Gasteiger partial charge on any atom is 0.254 e. The minimum Gasteiger partial charge on any atom is -0.367 e. The first-order valence-electron chi connectivity index (χ1n) is 7.24. The standard InChI is InChI=1S/C16H18FNO3/c1-11-3-4-12(9-13(11)17)15(20)18-7-6-16(14(19)10-18)5-2-8-21-16/h3-4,9H,2,5-8,10H2,1H3/t16-/m1/s1. The van der Waals surface area contributed by atoms with Gasteiger partial charge in [-0.3, -0.25) is 9.59 Å². The van der Waals surface area contributed by atoms with Crippen LogP contribution in [0.1, 0.15) is 35.2 Å². The highest BCUT2D eigenvalue weighted by molar-refractivity contribution is 5.99. The summed E-state index contributed by atoms with van der Waals surface area (Å²) in [7, 11) is 0. The average Bonchev–Trinajstić information content (AvgIpc) is 2.94. The molecule has 1 aromatic rings. The van der Waals surface area contributed by atoms with Gasteiger partial charge in [-0.15, -0.1) is 0 Å². The second-order valence-corrected chi connectivity index (χ2v) is 5.81. The van der Waals surface area contributed by atoms with Gasteiger partial charge in [0.1, 0.15) is 11.4 Å². The number of rotatable bonds is 1. The Balaban J connectivity index is 1.75. The number of ketones is 1. The Bertz CT molecular complexity index is 593. The second kappa shape index (κ2) is 5.22. The Morgan fingerprint density at radius 1 is 1.38 bits per heavy atom. The molecule has 2 saturated heterocycles. The summed E-state index contributed by atoms with van der Waals surface area (Å²) in [6, 6.07) is 4.41. The molecule has 0 aromatic heterocycles. The highest BCUT2D eigenvalue weighted by atomic mass is 19.1. The number of benzene rings is 1. The summed E-state index contributed by atoms with van der Waals surface area (Å²) in [5, 5.41) is 0. The van der Waals surface area contributed by atoms with Gasteiger partial charge in [0.15, 0.2) is 5.78 Å². The molecule has 0 radical (unpaired) electrons. The molecule has 4 nitrogen and oxygen atoms in total. The largest absolute Gasteiger partial charge is 0.367 e. The molecule has 2 heterocycles. The van der Waals surface area contributed by atoms with E-state index >= 15 is 0 Å². The number of halogens is 1. The number of piperidine rings is 1. The highest BCUT2D eigenvalue weighted by Gasteiger charge is 2.46. The average molecular weight is 291 g/mol. The van der Waals surface area contributed by atoms with Crippen molar-refractivity contribution in [2.45, 2.75) is 31.8 Å². The number of nitrogens with zero attached hydrogens (tertiary/aromatic N) is 1. The Morgan fingerprint density at radius 2 is 2.19 bits per heavy atom. The molecule has 2 fully saturated rings. The van der Waals surface area contributed by atoms with Crippen molar-refractivity contribution in [2.24, 2.45) is 0 Å². The second-order valence-electron chi connectivity index (χ2n) is 5.81. The van der Waals surface area contributed by atoms with Crippen molar-refractivity contribution in [2.75, 3.05) is 19.7 Å². The van der Waals surface area contributed by atoms with Gasteiger partial charge in [-0.25, -0.2) is 4.39 Å². The minimum atomic E-state index is -0.671. The maximum atomic E-state index is 13.6. The molecule has 0 aliphatic carbocycles. The monoisotopic (exact) mass is 291 g/mol. The van der Waals surface area contributed by atoms with Gasteiger partial charge in [0.2, 0.25) is 0 Å². The van der Waals surface area contributed by atoms with Gasteiger partial charge in [-0.05, 0) is 37.5 Å². The first-order valence-corrected chi connectivity index (χ1v) is 7.24. The van der Waals surface area contributed by atoms with Crippen molar-refractivity contribution in [3.63, 3.8) is 0 Å². The zero-order valence-corrected chi connectivity index (χ0v) is 12.0. The van der Waals surface area contributed by atoms with Crippen LogP contribution in [-0.2, 0) is 9.53 Å². The molecule has 0 N–H and O–H groups in total. The number of amides is 1. The number of ether oxygens (including phenoxy) is 1. The molecule has 0 bridgehead atoms. The van der Waals surface area contributed by atoms with E-state index in [1.54, 1.807) is 19.1 Å². The van der Waals surface area contributed by atoms with Gasteiger partial charge in [0, 0.05) is 25.1 Å². The predicted molar refractivity (Wildman–Crippen MR) is 74.6 cm³/mol. The summed E-state index contributed by atoms with van der Waals surface area (Å²) >= 11 is 0. The molecule has 21 heavy (non-hydrogen) atoms. The van der Waals surface area contributed by atoms with Gasteiger partial charge in [-0.1, -0.05) is 6.07 Å². The quantitative estimate of drug-likeness (QED) is 0.796. The van der Waals surface area contributed by atoms with Gasteiger partial charge in [-0.2, -0.15) is 0 Å². The van der Waals surface area contributed by atoms with Gasteiger partial charge in [0.05, 0.1) is 6.54 Å². The number of hydrogen-bond acceptors (Lipinski definition) is 3. The van der Waals surface area contributed by atoms with E-state index < -0.39 is 11.4 Å². The fraction of sp³-hybridized carbons (Fsp3) is 0.500. The molecule has 3 rings (SSSR count). The van der Waals surface area contributed by atoms with E-state index in [4.69, 9.17) is 4.74 Å². The first kappa shape index (κ1) is 14.2. The highest BCUT2D eigenvalue weighted by Crippen LogP contribution is 2.33. The molecular formula is C16H18FNO3. The van der Waals surface area contributed by atoms with Crippen LogP contribution in [0.4, 0.5) is 4.39 Å². The molecule has 0 unspecified atom stereocenters. The lowest BCUT2D eigenvalue weighted by Crippen LogP contribution is -2.53. The van der Waals surface area contributed by atoms with E-state index in [0.717, 1.165) is 12.8 Å². The summed E-state index contributed by atoms with van der Waals surface area (Å²) < 4.78 is 19.2. The summed E-state index contributed by atoms with van der Waals surface area (Å²) in [4.78, 5) is 26.2. The van der Waals surface area contributed by atoms with Crippen molar-refractivity contribution in [3.8, 4) is 0 Å². The Hall–Kier alpha value is -1.75. The van der Waals surface area contributed by atoms with E-state index in [0.29, 0.717) is 25.1 Å². The molecule has 5 heteroatoms. The van der Waals surface area contributed by atoms with E-state index in [2.05, 4.69) is 0 Å². The lowest BCUT2D eigenvalue weighted by molar-refractivity contribution is -0.144. The Kier molecular flexibility index (Phi) is 3.53. The number of carbonyl (C=O) groups is 2. The minimum absolute atomic E-state index is 0.0350. The predicted octanol–water partition coefficient (Wildman–Crippen LogP) is 2.10. The third kappa shape index (κ3) is 2.46. The fourth-order valence-electron chi connectivity index (χ4n) is 3.05. The number of carbonyl (C=O) groups excluding carboxylic acids is 2. The summed E-state index contributed by atoms with van der Waals surface area (Å²) in [5.74, 6) is -0.734. The van der Waals surface area contributed by atoms with Gasteiger partial charge in [0.25, 0.3) is 5.91 Å². The number of likely N-dealkylation sites (tertiary alicyclic amines) is 1. The Labute approximate surface area is 122 Å². The molecule has 1 amide bonds. The van der Waals surface area contributed by atoms with Crippen LogP contribution in [0.2, 0.25) is 0 Å². The smallest absolute Gasteiger partial charge is 0.254 e. The van der Waals surface area contributed by atoms with Crippen LogP contribution in [0.25, 0.3) is 0 Å². The number of hydrogen-bond donors (Lipinski definition) is 0. The van der Waals surface area contributed by atoms with Crippen LogP contribution >= 0.6 is 0 Å².